The predicted octanol–water partition coefficient (Wildman–Crippen LogP) is 4.56. The van der Waals surface area contributed by atoms with Crippen molar-refractivity contribution in [1.82, 2.24) is 0 Å². The van der Waals surface area contributed by atoms with E-state index in [0.29, 0.717) is 6.54 Å². The van der Waals surface area contributed by atoms with E-state index in [0.717, 1.165) is 39.6 Å². The maximum absolute atomic E-state index is 6.18. The standard InChI is InChI=1S/C17H20ClNO/c1-11-4-5-16(14(8-11)6-7-19)20-15-9-12(2)17(18)13(3)10-15/h4-5,8-10H,6-7,19H2,1-3H3. The number of hydrogen-bond acceptors (Lipinski definition) is 2. The van der Waals surface area contributed by atoms with Crippen LogP contribution in [-0.2, 0) is 6.42 Å². The molecule has 0 amide bonds. The molecule has 0 bridgehead atoms. The van der Waals surface area contributed by atoms with Gasteiger partial charge >= 0.3 is 0 Å². The number of nitrogens with two attached hydrogens (primary N) is 1. The van der Waals surface area contributed by atoms with Crippen molar-refractivity contribution in [2.45, 2.75) is 27.2 Å². The number of rotatable bonds is 4. The normalized spacial score (nSPS) is 10.7. The average molecular weight is 290 g/mol. The highest BCUT2D eigenvalue weighted by Crippen LogP contribution is 2.31. The summed E-state index contributed by atoms with van der Waals surface area (Å²) in [6.45, 7) is 6.65. The Balaban J connectivity index is 2.34. The van der Waals surface area contributed by atoms with Gasteiger partial charge in [0.15, 0.2) is 0 Å². The molecule has 2 nitrogen and oxygen atoms in total. The third-order valence-electron chi connectivity index (χ3n) is 3.27. The summed E-state index contributed by atoms with van der Waals surface area (Å²) in [5.41, 5.74) is 10.1. The van der Waals surface area contributed by atoms with Crippen molar-refractivity contribution in [3.05, 3.63) is 57.6 Å². The molecule has 0 radical (unpaired) electrons. The minimum Gasteiger partial charge on any atom is -0.457 e. The molecule has 2 rings (SSSR count). The zero-order valence-corrected chi connectivity index (χ0v) is 12.9. The minimum absolute atomic E-state index is 0.610. The van der Waals surface area contributed by atoms with Gasteiger partial charge in [0.1, 0.15) is 11.5 Å². The molecular weight excluding hydrogens is 270 g/mol. The van der Waals surface area contributed by atoms with Gasteiger partial charge in [-0.3, -0.25) is 0 Å². The Morgan fingerprint density at radius 2 is 1.70 bits per heavy atom. The van der Waals surface area contributed by atoms with Crippen LogP contribution < -0.4 is 10.5 Å². The fourth-order valence-electron chi connectivity index (χ4n) is 2.25. The van der Waals surface area contributed by atoms with Crippen LogP contribution in [0.5, 0.6) is 11.5 Å². The highest BCUT2D eigenvalue weighted by molar-refractivity contribution is 6.32. The molecule has 0 aromatic heterocycles. The summed E-state index contributed by atoms with van der Waals surface area (Å²) in [4.78, 5) is 0. The Hall–Kier alpha value is -1.51. The lowest BCUT2D eigenvalue weighted by molar-refractivity contribution is 0.475. The van der Waals surface area contributed by atoms with E-state index >= 15 is 0 Å². The molecule has 0 saturated heterocycles. The van der Waals surface area contributed by atoms with Crippen LogP contribution in [0.3, 0.4) is 0 Å². The van der Waals surface area contributed by atoms with Gasteiger partial charge in [-0.2, -0.15) is 0 Å². The van der Waals surface area contributed by atoms with E-state index in [1.807, 2.05) is 38.1 Å². The van der Waals surface area contributed by atoms with E-state index in [-0.39, 0.29) is 0 Å². The molecule has 0 fully saturated rings. The maximum atomic E-state index is 6.18. The van der Waals surface area contributed by atoms with Crippen molar-refractivity contribution in [1.29, 1.82) is 0 Å². The SMILES string of the molecule is Cc1ccc(Oc2cc(C)c(Cl)c(C)c2)c(CCN)c1. The Bertz CT molecular complexity index is 599. The summed E-state index contributed by atoms with van der Waals surface area (Å²) >= 11 is 6.18. The largest absolute Gasteiger partial charge is 0.457 e. The van der Waals surface area contributed by atoms with Crippen LogP contribution in [-0.4, -0.2) is 6.54 Å². The molecule has 0 unspecified atom stereocenters. The van der Waals surface area contributed by atoms with Gasteiger partial charge in [-0.05, 0) is 68.6 Å². The average Bonchev–Trinajstić information content (AvgIpc) is 2.39. The third kappa shape index (κ3) is 3.33. The van der Waals surface area contributed by atoms with Gasteiger partial charge in [0, 0.05) is 5.02 Å². The second-order valence-corrected chi connectivity index (χ2v) is 5.50. The summed E-state index contributed by atoms with van der Waals surface area (Å²) in [5.74, 6) is 1.67. The van der Waals surface area contributed by atoms with E-state index < -0.39 is 0 Å². The molecule has 20 heavy (non-hydrogen) atoms. The Morgan fingerprint density at radius 1 is 1.05 bits per heavy atom. The number of hydrogen-bond donors (Lipinski definition) is 1. The second kappa shape index (κ2) is 6.29. The topological polar surface area (TPSA) is 35.2 Å². The quantitative estimate of drug-likeness (QED) is 0.895. The van der Waals surface area contributed by atoms with Gasteiger partial charge in [0.05, 0.1) is 0 Å². The van der Waals surface area contributed by atoms with Crippen LogP contribution in [0, 0.1) is 20.8 Å². The van der Waals surface area contributed by atoms with E-state index in [1.54, 1.807) is 0 Å². The highest BCUT2D eigenvalue weighted by atomic mass is 35.5. The Labute approximate surface area is 125 Å². The van der Waals surface area contributed by atoms with Crippen LogP contribution in [0.4, 0.5) is 0 Å². The van der Waals surface area contributed by atoms with Crippen LogP contribution >= 0.6 is 11.6 Å². The summed E-state index contributed by atoms with van der Waals surface area (Å²) in [5, 5.41) is 0.795. The molecule has 0 aliphatic rings. The van der Waals surface area contributed by atoms with E-state index in [1.165, 1.54) is 5.56 Å². The maximum Gasteiger partial charge on any atom is 0.130 e. The first-order valence-electron chi connectivity index (χ1n) is 6.75. The lowest BCUT2D eigenvalue weighted by atomic mass is 10.1. The summed E-state index contributed by atoms with van der Waals surface area (Å²) < 4.78 is 6.02. The predicted molar refractivity (Wildman–Crippen MR) is 84.9 cm³/mol. The molecule has 2 N–H and O–H groups in total. The molecule has 2 aromatic carbocycles. The lowest BCUT2D eigenvalue weighted by Crippen LogP contribution is -2.04. The summed E-state index contributed by atoms with van der Waals surface area (Å²) in [6.07, 6.45) is 0.808. The van der Waals surface area contributed by atoms with E-state index in [2.05, 4.69) is 13.0 Å². The summed E-state index contributed by atoms with van der Waals surface area (Å²) in [6, 6.07) is 10.1. The van der Waals surface area contributed by atoms with Gasteiger partial charge in [-0.15, -0.1) is 0 Å². The molecule has 0 atom stereocenters. The number of benzene rings is 2. The molecule has 0 aliphatic carbocycles. The van der Waals surface area contributed by atoms with Gasteiger partial charge in [0.25, 0.3) is 0 Å². The van der Waals surface area contributed by atoms with E-state index in [4.69, 9.17) is 22.1 Å². The zero-order chi connectivity index (χ0) is 14.7. The molecular formula is C17H20ClNO. The lowest BCUT2D eigenvalue weighted by Gasteiger charge is -2.13. The van der Waals surface area contributed by atoms with Gasteiger partial charge in [-0.1, -0.05) is 29.3 Å². The summed E-state index contributed by atoms with van der Waals surface area (Å²) in [7, 11) is 0. The van der Waals surface area contributed by atoms with Crippen molar-refractivity contribution < 1.29 is 4.74 Å². The number of halogens is 1. The van der Waals surface area contributed by atoms with Crippen LogP contribution in [0.2, 0.25) is 5.02 Å². The third-order valence-corrected chi connectivity index (χ3v) is 3.86. The zero-order valence-electron chi connectivity index (χ0n) is 12.2. The number of ether oxygens (including phenoxy) is 1. The van der Waals surface area contributed by atoms with Gasteiger partial charge < -0.3 is 10.5 Å². The molecule has 106 valence electrons. The Kier molecular flexibility index (Phi) is 4.69. The first kappa shape index (κ1) is 14.9. The minimum atomic E-state index is 0.610. The monoisotopic (exact) mass is 289 g/mol. The molecule has 2 aromatic rings. The van der Waals surface area contributed by atoms with Crippen molar-refractivity contribution >= 4 is 11.6 Å². The molecule has 0 spiro atoms. The van der Waals surface area contributed by atoms with Crippen LogP contribution in [0.1, 0.15) is 22.3 Å². The van der Waals surface area contributed by atoms with Crippen LogP contribution in [0.15, 0.2) is 30.3 Å². The van der Waals surface area contributed by atoms with Gasteiger partial charge in [-0.25, -0.2) is 0 Å². The Morgan fingerprint density at radius 3 is 2.30 bits per heavy atom. The molecule has 3 heteroatoms. The smallest absolute Gasteiger partial charge is 0.130 e. The van der Waals surface area contributed by atoms with E-state index in [9.17, 15) is 0 Å². The first-order chi connectivity index (χ1) is 9.51. The van der Waals surface area contributed by atoms with Crippen molar-refractivity contribution in [2.24, 2.45) is 5.73 Å². The van der Waals surface area contributed by atoms with Gasteiger partial charge in [0.2, 0.25) is 0 Å². The first-order valence-corrected chi connectivity index (χ1v) is 7.13. The van der Waals surface area contributed by atoms with Crippen molar-refractivity contribution in [3.8, 4) is 11.5 Å². The fourth-order valence-corrected chi connectivity index (χ4v) is 2.36. The molecule has 0 aliphatic heterocycles. The van der Waals surface area contributed by atoms with Crippen molar-refractivity contribution in [3.63, 3.8) is 0 Å². The van der Waals surface area contributed by atoms with Crippen molar-refractivity contribution in [2.75, 3.05) is 6.54 Å². The molecule has 0 heterocycles. The highest BCUT2D eigenvalue weighted by Gasteiger charge is 2.08. The van der Waals surface area contributed by atoms with Crippen LogP contribution in [0.25, 0.3) is 0 Å². The second-order valence-electron chi connectivity index (χ2n) is 5.12. The fraction of sp³-hybridized carbons (Fsp3) is 0.294. The number of aryl methyl sites for hydroxylation is 3. The molecule has 0 saturated carbocycles.